The third-order valence-corrected chi connectivity index (χ3v) is 4.94. The molecule has 0 aliphatic carbocycles. The molecule has 0 radical (unpaired) electrons. The summed E-state index contributed by atoms with van der Waals surface area (Å²) < 4.78 is 0. The zero-order chi connectivity index (χ0) is 17.8. The normalized spacial score (nSPS) is 10.7. The first kappa shape index (κ1) is 16.7. The summed E-state index contributed by atoms with van der Waals surface area (Å²) in [7, 11) is 0. The molecule has 0 saturated heterocycles. The highest BCUT2D eigenvalue weighted by Gasteiger charge is 2.15. The van der Waals surface area contributed by atoms with Crippen LogP contribution in [0.25, 0.3) is 33.6 Å². The molecule has 0 aliphatic rings. The van der Waals surface area contributed by atoms with E-state index in [0.29, 0.717) is 0 Å². The summed E-state index contributed by atoms with van der Waals surface area (Å²) in [4.78, 5) is 9.45. The number of halogens is 1. The van der Waals surface area contributed by atoms with Crippen molar-refractivity contribution >= 4 is 15.9 Å². The first-order valence-electron chi connectivity index (χ1n) is 8.48. The number of hydrogen-bond donors (Lipinski definition) is 0. The summed E-state index contributed by atoms with van der Waals surface area (Å²) in [6.07, 6.45) is 3.77. The maximum absolute atomic E-state index is 4.77. The fourth-order valence-electron chi connectivity index (χ4n) is 3.06. The van der Waals surface area contributed by atoms with Crippen molar-refractivity contribution < 1.29 is 0 Å². The van der Waals surface area contributed by atoms with E-state index in [1.165, 1.54) is 0 Å². The quantitative estimate of drug-likeness (QED) is 0.371. The Morgan fingerprint density at radius 3 is 1.88 bits per heavy atom. The highest BCUT2D eigenvalue weighted by atomic mass is 79.9. The molecule has 0 aliphatic heterocycles. The Kier molecular flexibility index (Phi) is 4.89. The van der Waals surface area contributed by atoms with Crippen LogP contribution in [-0.2, 0) is 5.33 Å². The van der Waals surface area contributed by atoms with Crippen LogP contribution in [0.4, 0.5) is 0 Å². The molecule has 0 atom stereocenters. The fourth-order valence-corrected chi connectivity index (χ4v) is 3.37. The highest BCUT2D eigenvalue weighted by molar-refractivity contribution is 9.08. The number of hydrogen-bond acceptors (Lipinski definition) is 2. The maximum Gasteiger partial charge on any atom is 0.0781 e. The van der Waals surface area contributed by atoms with Gasteiger partial charge in [0.25, 0.3) is 0 Å². The van der Waals surface area contributed by atoms with Gasteiger partial charge < -0.3 is 0 Å². The van der Waals surface area contributed by atoms with Gasteiger partial charge in [-0.3, -0.25) is 9.97 Å². The van der Waals surface area contributed by atoms with E-state index in [1.54, 1.807) is 0 Å². The molecular formula is C23H17BrN2. The standard InChI is InChI=1S/C23H17BrN2/c24-15-17-14-21(23(26-16-17)19-10-5-2-6-11-19)20-12-7-13-25-22(20)18-8-3-1-4-9-18/h1-14,16H,15H2. The molecule has 4 rings (SSSR count). The van der Waals surface area contributed by atoms with Gasteiger partial charge >= 0.3 is 0 Å². The van der Waals surface area contributed by atoms with Gasteiger partial charge in [0, 0.05) is 40.0 Å². The Morgan fingerprint density at radius 2 is 1.27 bits per heavy atom. The molecule has 126 valence electrons. The van der Waals surface area contributed by atoms with E-state index in [4.69, 9.17) is 4.98 Å². The Hall–Kier alpha value is -2.78. The maximum atomic E-state index is 4.77. The minimum atomic E-state index is 0.767. The van der Waals surface area contributed by atoms with E-state index >= 15 is 0 Å². The molecule has 26 heavy (non-hydrogen) atoms. The predicted octanol–water partition coefficient (Wildman–Crippen LogP) is 6.37. The number of aromatic nitrogens is 2. The lowest BCUT2D eigenvalue weighted by molar-refractivity contribution is 1.25. The Bertz CT molecular complexity index is 1010. The first-order valence-corrected chi connectivity index (χ1v) is 9.60. The second kappa shape index (κ2) is 7.63. The van der Waals surface area contributed by atoms with Crippen LogP contribution in [0.1, 0.15) is 5.56 Å². The molecule has 0 amide bonds. The topological polar surface area (TPSA) is 25.8 Å². The van der Waals surface area contributed by atoms with E-state index in [-0.39, 0.29) is 0 Å². The Morgan fingerprint density at radius 1 is 0.654 bits per heavy atom. The first-order chi connectivity index (χ1) is 12.9. The zero-order valence-electron chi connectivity index (χ0n) is 14.1. The molecular weight excluding hydrogens is 384 g/mol. The third kappa shape index (κ3) is 3.31. The van der Waals surface area contributed by atoms with Crippen LogP contribution in [0, 0.1) is 0 Å². The van der Waals surface area contributed by atoms with Crippen molar-refractivity contribution in [3.8, 4) is 33.6 Å². The monoisotopic (exact) mass is 400 g/mol. The van der Waals surface area contributed by atoms with Crippen molar-refractivity contribution in [1.82, 2.24) is 9.97 Å². The smallest absolute Gasteiger partial charge is 0.0781 e. The molecule has 0 N–H and O–H groups in total. The van der Waals surface area contributed by atoms with Gasteiger partial charge in [-0.1, -0.05) is 82.7 Å². The molecule has 3 heteroatoms. The van der Waals surface area contributed by atoms with Crippen molar-refractivity contribution in [2.75, 3.05) is 0 Å². The second-order valence-electron chi connectivity index (χ2n) is 6.00. The van der Waals surface area contributed by atoms with Gasteiger partial charge in [0.05, 0.1) is 11.4 Å². The Labute approximate surface area is 161 Å². The lowest BCUT2D eigenvalue weighted by Gasteiger charge is -2.14. The second-order valence-corrected chi connectivity index (χ2v) is 6.57. The van der Waals surface area contributed by atoms with Gasteiger partial charge in [-0.2, -0.15) is 0 Å². The summed E-state index contributed by atoms with van der Waals surface area (Å²) in [5.41, 5.74) is 7.48. The van der Waals surface area contributed by atoms with E-state index in [1.807, 2.05) is 54.9 Å². The average Bonchev–Trinajstić information content (AvgIpc) is 2.74. The third-order valence-electron chi connectivity index (χ3n) is 4.29. The molecule has 2 nitrogen and oxygen atoms in total. The van der Waals surface area contributed by atoms with Gasteiger partial charge in [-0.25, -0.2) is 0 Å². The number of alkyl halides is 1. The molecule has 0 saturated carbocycles. The van der Waals surface area contributed by atoms with Crippen molar-refractivity contribution in [3.63, 3.8) is 0 Å². The Balaban J connectivity index is 1.97. The predicted molar refractivity (Wildman–Crippen MR) is 111 cm³/mol. The average molecular weight is 401 g/mol. The van der Waals surface area contributed by atoms with Crippen molar-refractivity contribution in [1.29, 1.82) is 0 Å². The minimum Gasteiger partial charge on any atom is -0.256 e. The highest BCUT2D eigenvalue weighted by Crippen LogP contribution is 2.36. The van der Waals surface area contributed by atoms with Gasteiger partial charge in [-0.15, -0.1) is 0 Å². The molecule has 0 unspecified atom stereocenters. The molecule has 0 spiro atoms. The molecule has 2 heterocycles. The van der Waals surface area contributed by atoms with Crippen LogP contribution in [-0.4, -0.2) is 9.97 Å². The largest absolute Gasteiger partial charge is 0.256 e. The SMILES string of the molecule is BrCc1cnc(-c2ccccc2)c(-c2cccnc2-c2ccccc2)c1. The minimum absolute atomic E-state index is 0.767. The van der Waals surface area contributed by atoms with Crippen LogP contribution in [0.2, 0.25) is 0 Å². The van der Waals surface area contributed by atoms with Crippen molar-refractivity contribution in [2.24, 2.45) is 0 Å². The molecule has 4 aromatic rings. The van der Waals surface area contributed by atoms with Crippen LogP contribution in [0.5, 0.6) is 0 Å². The molecule has 0 bridgehead atoms. The number of pyridine rings is 2. The van der Waals surface area contributed by atoms with Crippen LogP contribution >= 0.6 is 15.9 Å². The van der Waals surface area contributed by atoms with Gasteiger partial charge in [0.2, 0.25) is 0 Å². The van der Waals surface area contributed by atoms with Crippen LogP contribution < -0.4 is 0 Å². The van der Waals surface area contributed by atoms with Gasteiger partial charge in [0.1, 0.15) is 0 Å². The van der Waals surface area contributed by atoms with Gasteiger partial charge in [0.15, 0.2) is 0 Å². The lowest BCUT2D eigenvalue weighted by Crippen LogP contribution is -1.95. The van der Waals surface area contributed by atoms with Crippen molar-refractivity contribution in [3.05, 3.63) is 96.8 Å². The summed E-state index contributed by atoms with van der Waals surface area (Å²) in [6.45, 7) is 0. The number of rotatable bonds is 4. The number of nitrogens with zero attached hydrogens (tertiary/aromatic N) is 2. The number of benzene rings is 2. The molecule has 0 fully saturated rings. The molecule has 2 aromatic heterocycles. The van der Waals surface area contributed by atoms with E-state index in [0.717, 1.165) is 44.5 Å². The van der Waals surface area contributed by atoms with E-state index < -0.39 is 0 Å². The van der Waals surface area contributed by atoms with Crippen molar-refractivity contribution in [2.45, 2.75) is 5.33 Å². The summed E-state index contributed by atoms with van der Waals surface area (Å²) in [5.74, 6) is 0. The molecule has 2 aromatic carbocycles. The lowest BCUT2D eigenvalue weighted by atomic mass is 9.94. The van der Waals surface area contributed by atoms with Crippen LogP contribution in [0.3, 0.4) is 0 Å². The van der Waals surface area contributed by atoms with E-state index in [2.05, 4.69) is 57.3 Å². The van der Waals surface area contributed by atoms with E-state index in [9.17, 15) is 0 Å². The van der Waals surface area contributed by atoms with Gasteiger partial charge in [-0.05, 0) is 17.7 Å². The fraction of sp³-hybridized carbons (Fsp3) is 0.0435. The summed E-state index contributed by atoms with van der Waals surface area (Å²) in [5, 5.41) is 0.767. The zero-order valence-corrected chi connectivity index (χ0v) is 15.7. The van der Waals surface area contributed by atoms with Crippen LogP contribution in [0.15, 0.2) is 91.3 Å². The summed E-state index contributed by atoms with van der Waals surface area (Å²) in [6, 6.07) is 26.9. The summed E-state index contributed by atoms with van der Waals surface area (Å²) >= 11 is 3.55.